The fourth-order valence-corrected chi connectivity index (χ4v) is 3.57. The number of para-hydroxylation sites is 1. The van der Waals surface area contributed by atoms with E-state index in [-0.39, 0.29) is 0 Å². The van der Waals surface area contributed by atoms with Crippen molar-refractivity contribution in [2.75, 3.05) is 12.5 Å². The number of hydrogen-bond donors (Lipinski definition) is 3. The minimum atomic E-state index is -1.88. The third kappa shape index (κ3) is 3.42. The van der Waals surface area contributed by atoms with Crippen molar-refractivity contribution in [3.05, 3.63) is 82.0 Å². The molecule has 6 heteroatoms. The van der Waals surface area contributed by atoms with Gasteiger partial charge in [0.1, 0.15) is 5.75 Å². The Labute approximate surface area is 156 Å². The van der Waals surface area contributed by atoms with Gasteiger partial charge in [0.05, 0.1) is 17.7 Å². The number of aryl methyl sites for hydroxylation is 1. The lowest BCUT2D eigenvalue weighted by Crippen LogP contribution is -2.47. The second kappa shape index (κ2) is 7.59. The molecule has 0 unspecified atom stereocenters. The first-order valence-corrected chi connectivity index (χ1v) is 8.96. The number of amides is 1. The molecule has 0 aliphatic rings. The lowest BCUT2D eigenvalue weighted by molar-refractivity contribution is -0.136. The highest BCUT2D eigenvalue weighted by Gasteiger charge is 2.43. The van der Waals surface area contributed by atoms with Gasteiger partial charge >= 0.3 is 0 Å². The average molecular weight is 368 g/mol. The van der Waals surface area contributed by atoms with Gasteiger partial charge in [0.15, 0.2) is 0 Å². The van der Waals surface area contributed by atoms with Crippen LogP contribution in [0.3, 0.4) is 0 Å². The van der Waals surface area contributed by atoms with Gasteiger partial charge in [0, 0.05) is 5.56 Å². The molecule has 0 bridgehead atoms. The third-order valence-corrected chi connectivity index (χ3v) is 5.02. The van der Waals surface area contributed by atoms with E-state index in [1.807, 2.05) is 36.6 Å². The summed E-state index contributed by atoms with van der Waals surface area (Å²) in [5.41, 5.74) is 5.77. The molecule has 0 fully saturated rings. The van der Waals surface area contributed by atoms with Crippen LogP contribution in [0.2, 0.25) is 0 Å². The molecule has 1 heterocycles. The highest BCUT2D eigenvalue weighted by atomic mass is 32.1. The Morgan fingerprint density at radius 2 is 1.92 bits per heavy atom. The summed E-state index contributed by atoms with van der Waals surface area (Å²) in [6.07, 6.45) is 0. The van der Waals surface area contributed by atoms with Crippen LogP contribution in [0.4, 0.5) is 5.69 Å². The predicted molar refractivity (Wildman–Crippen MR) is 103 cm³/mol. The second-order valence-electron chi connectivity index (χ2n) is 5.84. The van der Waals surface area contributed by atoms with E-state index in [0.29, 0.717) is 16.2 Å². The minimum Gasteiger partial charge on any atom is -0.496 e. The van der Waals surface area contributed by atoms with Crippen LogP contribution in [-0.4, -0.2) is 18.1 Å². The maximum atomic E-state index is 13.0. The van der Waals surface area contributed by atoms with Crippen LogP contribution < -0.4 is 15.6 Å². The molecule has 5 nitrogen and oxygen atoms in total. The van der Waals surface area contributed by atoms with Gasteiger partial charge in [-0.15, -0.1) is 11.3 Å². The standard InChI is InChI=1S/C20H20N2O3S/c1-14-7-5-8-15(13-14)21-22-19(23)20(24,18-11-6-12-26-18)16-9-3-4-10-17(16)25-2/h3-13,21,24H,1-2H3,(H,22,23)/t20-/m0/s1. The van der Waals surface area contributed by atoms with Crippen molar-refractivity contribution in [2.24, 2.45) is 0 Å². The second-order valence-corrected chi connectivity index (χ2v) is 6.78. The fourth-order valence-electron chi connectivity index (χ4n) is 2.74. The van der Waals surface area contributed by atoms with Gasteiger partial charge in [-0.25, -0.2) is 0 Å². The molecule has 1 atom stereocenters. The van der Waals surface area contributed by atoms with Crippen LogP contribution in [0.25, 0.3) is 0 Å². The molecule has 1 aromatic heterocycles. The molecule has 3 aromatic rings. The van der Waals surface area contributed by atoms with Crippen LogP contribution in [0.5, 0.6) is 5.75 Å². The summed E-state index contributed by atoms with van der Waals surface area (Å²) in [7, 11) is 1.51. The Bertz CT molecular complexity index is 896. The van der Waals surface area contributed by atoms with Crippen molar-refractivity contribution in [1.82, 2.24) is 5.43 Å². The number of benzene rings is 2. The van der Waals surface area contributed by atoms with Crippen molar-refractivity contribution in [3.8, 4) is 5.75 Å². The number of anilines is 1. The Balaban J connectivity index is 1.95. The van der Waals surface area contributed by atoms with Crippen molar-refractivity contribution in [1.29, 1.82) is 0 Å². The Morgan fingerprint density at radius 1 is 1.12 bits per heavy atom. The molecule has 3 N–H and O–H groups in total. The number of carbonyl (C=O) groups is 1. The largest absolute Gasteiger partial charge is 0.496 e. The molecule has 0 radical (unpaired) electrons. The number of hydrogen-bond acceptors (Lipinski definition) is 5. The van der Waals surface area contributed by atoms with E-state index in [1.165, 1.54) is 18.4 Å². The van der Waals surface area contributed by atoms with Crippen molar-refractivity contribution in [2.45, 2.75) is 12.5 Å². The summed E-state index contributed by atoms with van der Waals surface area (Å²) >= 11 is 1.30. The van der Waals surface area contributed by atoms with E-state index >= 15 is 0 Å². The van der Waals surface area contributed by atoms with Gasteiger partial charge in [0.2, 0.25) is 5.60 Å². The topological polar surface area (TPSA) is 70.6 Å². The molecular weight excluding hydrogens is 348 g/mol. The molecular formula is C20H20N2O3S. The zero-order valence-electron chi connectivity index (χ0n) is 14.5. The minimum absolute atomic E-state index is 0.383. The zero-order chi connectivity index (χ0) is 18.6. The first-order chi connectivity index (χ1) is 12.6. The number of carbonyl (C=O) groups excluding carboxylic acids is 1. The van der Waals surface area contributed by atoms with Crippen LogP contribution in [-0.2, 0) is 10.4 Å². The molecule has 0 saturated carbocycles. The van der Waals surface area contributed by atoms with E-state index in [1.54, 1.807) is 36.4 Å². The zero-order valence-corrected chi connectivity index (χ0v) is 15.3. The summed E-state index contributed by atoms with van der Waals surface area (Å²) in [5.74, 6) is -0.153. The molecule has 0 aliphatic heterocycles. The van der Waals surface area contributed by atoms with Gasteiger partial charge in [-0.2, -0.15) is 0 Å². The quantitative estimate of drug-likeness (QED) is 0.583. The SMILES string of the molecule is COc1ccccc1[C@@](O)(C(=O)NNc1cccc(C)c1)c1cccs1. The number of methoxy groups -OCH3 is 1. The molecule has 2 aromatic carbocycles. The van der Waals surface area contributed by atoms with E-state index in [2.05, 4.69) is 10.9 Å². The van der Waals surface area contributed by atoms with Crippen LogP contribution >= 0.6 is 11.3 Å². The first-order valence-electron chi connectivity index (χ1n) is 8.08. The van der Waals surface area contributed by atoms with E-state index < -0.39 is 11.5 Å². The molecule has 3 rings (SSSR count). The molecule has 134 valence electrons. The van der Waals surface area contributed by atoms with Crippen LogP contribution in [0.1, 0.15) is 16.0 Å². The Hall–Kier alpha value is -2.83. The average Bonchev–Trinajstić information content (AvgIpc) is 3.20. The summed E-state index contributed by atoms with van der Waals surface area (Å²) < 4.78 is 5.36. The third-order valence-electron chi connectivity index (χ3n) is 4.04. The highest BCUT2D eigenvalue weighted by molar-refractivity contribution is 7.10. The Kier molecular flexibility index (Phi) is 5.25. The summed E-state index contributed by atoms with van der Waals surface area (Å²) in [5, 5.41) is 13.3. The van der Waals surface area contributed by atoms with Gasteiger partial charge in [-0.3, -0.25) is 15.6 Å². The smallest absolute Gasteiger partial charge is 0.280 e. The lowest BCUT2D eigenvalue weighted by atomic mass is 9.90. The number of aliphatic hydroxyl groups is 1. The number of hydrazine groups is 1. The van der Waals surface area contributed by atoms with Crippen LogP contribution in [0, 0.1) is 6.92 Å². The highest BCUT2D eigenvalue weighted by Crippen LogP contribution is 2.38. The number of nitrogens with one attached hydrogen (secondary N) is 2. The van der Waals surface area contributed by atoms with E-state index in [4.69, 9.17) is 4.74 Å². The van der Waals surface area contributed by atoms with Gasteiger partial charge in [0.25, 0.3) is 5.91 Å². The molecule has 0 aliphatic carbocycles. The maximum absolute atomic E-state index is 13.0. The van der Waals surface area contributed by atoms with Gasteiger partial charge in [-0.05, 0) is 42.1 Å². The maximum Gasteiger partial charge on any atom is 0.280 e. The Morgan fingerprint density at radius 3 is 2.62 bits per heavy atom. The van der Waals surface area contributed by atoms with E-state index in [0.717, 1.165) is 11.3 Å². The first kappa shape index (κ1) is 18.0. The summed E-state index contributed by atoms with van der Waals surface area (Å²) in [4.78, 5) is 13.5. The lowest BCUT2D eigenvalue weighted by Gasteiger charge is -2.28. The van der Waals surface area contributed by atoms with Crippen molar-refractivity contribution >= 4 is 22.9 Å². The number of ether oxygens (including phenoxy) is 1. The summed E-state index contributed by atoms with van der Waals surface area (Å²) in [6.45, 7) is 1.96. The van der Waals surface area contributed by atoms with Crippen molar-refractivity contribution < 1.29 is 14.6 Å². The molecule has 26 heavy (non-hydrogen) atoms. The van der Waals surface area contributed by atoms with Crippen molar-refractivity contribution in [3.63, 3.8) is 0 Å². The fraction of sp³-hybridized carbons (Fsp3) is 0.150. The predicted octanol–water partition coefficient (Wildman–Crippen LogP) is 3.44. The van der Waals surface area contributed by atoms with Gasteiger partial charge < -0.3 is 9.84 Å². The molecule has 0 saturated heterocycles. The monoisotopic (exact) mass is 368 g/mol. The van der Waals surface area contributed by atoms with Crippen LogP contribution in [0.15, 0.2) is 66.0 Å². The number of thiophene rings is 1. The number of rotatable bonds is 6. The van der Waals surface area contributed by atoms with Gasteiger partial charge in [-0.1, -0.05) is 36.4 Å². The van der Waals surface area contributed by atoms with E-state index in [9.17, 15) is 9.90 Å². The normalized spacial score (nSPS) is 12.9. The summed E-state index contributed by atoms with van der Waals surface area (Å²) in [6, 6.07) is 18.1. The molecule has 1 amide bonds. The molecule has 0 spiro atoms.